The standard InChI is InChI=1S/C16H20N2/c1-3-11-17-13(2)14-8-4-5-9-15(14)16-10-6-7-12-18-16/h4-10,12-13,17H,3,11H2,1-2H3. The second-order valence-electron chi connectivity index (χ2n) is 4.48. The molecule has 0 spiro atoms. The Kier molecular flexibility index (Phi) is 4.48. The fourth-order valence-electron chi connectivity index (χ4n) is 2.10. The first kappa shape index (κ1) is 12.8. The Balaban J connectivity index is 2.31. The molecule has 1 atom stereocenters. The number of nitrogens with one attached hydrogen (secondary N) is 1. The van der Waals surface area contributed by atoms with E-state index in [4.69, 9.17) is 0 Å². The molecule has 2 nitrogen and oxygen atoms in total. The van der Waals surface area contributed by atoms with Crippen LogP contribution < -0.4 is 5.32 Å². The number of benzene rings is 1. The Morgan fingerprint density at radius 1 is 1.11 bits per heavy atom. The highest BCUT2D eigenvalue weighted by molar-refractivity contribution is 5.64. The van der Waals surface area contributed by atoms with E-state index >= 15 is 0 Å². The Hall–Kier alpha value is -1.67. The minimum atomic E-state index is 0.350. The van der Waals surface area contributed by atoms with Gasteiger partial charge < -0.3 is 5.32 Å². The number of rotatable bonds is 5. The summed E-state index contributed by atoms with van der Waals surface area (Å²) in [5.41, 5.74) is 3.57. The summed E-state index contributed by atoms with van der Waals surface area (Å²) in [7, 11) is 0. The topological polar surface area (TPSA) is 24.9 Å². The zero-order chi connectivity index (χ0) is 12.8. The smallest absolute Gasteiger partial charge is 0.0705 e. The number of nitrogens with zero attached hydrogens (tertiary/aromatic N) is 1. The lowest BCUT2D eigenvalue weighted by molar-refractivity contribution is 0.571. The maximum absolute atomic E-state index is 4.44. The molecule has 1 aromatic heterocycles. The van der Waals surface area contributed by atoms with Crippen molar-refractivity contribution in [2.75, 3.05) is 6.54 Å². The van der Waals surface area contributed by atoms with Gasteiger partial charge in [0.2, 0.25) is 0 Å². The molecule has 2 rings (SSSR count). The molecule has 0 fully saturated rings. The molecule has 94 valence electrons. The van der Waals surface area contributed by atoms with Gasteiger partial charge in [0.1, 0.15) is 0 Å². The number of hydrogen-bond donors (Lipinski definition) is 1. The van der Waals surface area contributed by atoms with Crippen molar-refractivity contribution in [2.24, 2.45) is 0 Å². The Morgan fingerprint density at radius 3 is 2.61 bits per heavy atom. The van der Waals surface area contributed by atoms with Gasteiger partial charge in [-0.05, 0) is 37.6 Å². The summed E-state index contributed by atoms with van der Waals surface area (Å²) < 4.78 is 0. The summed E-state index contributed by atoms with van der Waals surface area (Å²) in [5, 5.41) is 3.53. The van der Waals surface area contributed by atoms with Gasteiger partial charge in [-0.3, -0.25) is 4.98 Å². The minimum absolute atomic E-state index is 0.350. The average Bonchev–Trinajstić information content (AvgIpc) is 2.45. The second kappa shape index (κ2) is 6.31. The maximum atomic E-state index is 4.44. The first-order valence-electron chi connectivity index (χ1n) is 6.56. The summed E-state index contributed by atoms with van der Waals surface area (Å²) in [4.78, 5) is 4.44. The van der Waals surface area contributed by atoms with Crippen LogP contribution in [0.3, 0.4) is 0 Å². The van der Waals surface area contributed by atoms with Gasteiger partial charge in [-0.1, -0.05) is 37.3 Å². The van der Waals surface area contributed by atoms with Gasteiger partial charge in [-0.25, -0.2) is 0 Å². The van der Waals surface area contributed by atoms with Crippen molar-refractivity contribution in [3.63, 3.8) is 0 Å². The predicted octanol–water partition coefficient (Wildman–Crippen LogP) is 3.81. The zero-order valence-corrected chi connectivity index (χ0v) is 11.1. The lowest BCUT2D eigenvalue weighted by Crippen LogP contribution is -2.19. The highest BCUT2D eigenvalue weighted by atomic mass is 14.9. The van der Waals surface area contributed by atoms with E-state index in [0.29, 0.717) is 6.04 Å². The first-order valence-corrected chi connectivity index (χ1v) is 6.56. The van der Waals surface area contributed by atoms with Gasteiger partial charge in [0, 0.05) is 17.8 Å². The Bertz CT molecular complexity index is 479. The highest BCUT2D eigenvalue weighted by Gasteiger charge is 2.10. The minimum Gasteiger partial charge on any atom is -0.310 e. The second-order valence-corrected chi connectivity index (χ2v) is 4.48. The van der Waals surface area contributed by atoms with Crippen LogP contribution in [-0.4, -0.2) is 11.5 Å². The molecular weight excluding hydrogens is 220 g/mol. The largest absolute Gasteiger partial charge is 0.310 e. The van der Waals surface area contributed by atoms with Crippen molar-refractivity contribution in [1.82, 2.24) is 10.3 Å². The van der Waals surface area contributed by atoms with E-state index in [1.807, 2.05) is 18.3 Å². The van der Waals surface area contributed by atoms with Crippen LogP contribution in [0.25, 0.3) is 11.3 Å². The summed E-state index contributed by atoms with van der Waals surface area (Å²) >= 11 is 0. The van der Waals surface area contributed by atoms with E-state index in [0.717, 1.165) is 18.7 Å². The van der Waals surface area contributed by atoms with Crippen molar-refractivity contribution < 1.29 is 0 Å². The highest BCUT2D eigenvalue weighted by Crippen LogP contribution is 2.26. The fraction of sp³-hybridized carbons (Fsp3) is 0.312. The molecule has 0 saturated heterocycles. The molecule has 0 aliphatic carbocycles. The van der Waals surface area contributed by atoms with Gasteiger partial charge in [-0.2, -0.15) is 0 Å². The van der Waals surface area contributed by atoms with Crippen molar-refractivity contribution >= 4 is 0 Å². The third kappa shape index (κ3) is 2.96. The van der Waals surface area contributed by atoms with Gasteiger partial charge >= 0.3 is 0 Å². The van der Waals surface area contributed by atoms with Crippen LogP contribution >= 0.6 is 0 Å². The van der Waals surface area contributed by atoms with E-state index in [-0.39, 0.29) is 0 Å². The molecule has 0 saturated carbocycles. The Morgan fingerprint density at radius 2 is 1.89 bits per heavy atom. The molecule has 18 heavy (non-hydrogen) atoms. The number of aromatic nitrogens is 1. The van der Waals surface area contributed by atoms with E-state index in [9.17, 15) is 0 Å². The first-order chi connectivity index (χ1) is 8.83. The maximum Gasteiger partial charge on any atom is 0.0705 e. The van der Waals surface area contributed by atoms with Crippen LogP contribution in [0.5, 0.6) is 0 Å². The van der Waals surface area contributed by atoms with Crippen LogP contribution in [0.2, 0.25) is 0 Å². The van der Waals surface area contributed by atoms with Crippen LogP contribution in [0.1, 0.15) is 31.9 Å². The van der Waals surface area contributed by atoms with Gasteiger partial charge in [0.25, 0.3) is 0 Å². The molecular formula is C16H20N2. The fourth-order valence-corrected chi connectivity index (χ4v) is 2.10. The van der Waals surface area contributed by atoms with E-state index < -0.39 is 0 Å². The van der Waals surface area contributed by atoms with Gasteiger partial charge in [0.05, 0.1) is 5.69 Å². The lowest BCUT2D eigenvalue weighted by atomic mass is 9.98. The van der Waals surface area contributed by atoms with E-state index in [1.54, 1.807) is 0 Å². The van der Waals surface area contributed by atoms with Crippen LogP contribution in [0.15, 0.2) is 48.7 Å². The van der Waals surface area contributed by atoms with E-state index in [1.165, 1.54) is 11.1 Å². The molecule has 1 unspecified atom stereocenters. The van der Waals surface area contributed by atoms with Crippen LogP contribution in [0.4, 0.5) is 0 Å². The summed E-state index contributed by atoms with van der Waals surface area (Å²) in [6.45, 7) is 5.43. The molecule has 0 amide bonds. The van der Waals surface area contributed by atoms with Crippen LogP contribution in [0, 0.1) is 0 Å². The van der Waals surface area contributed by atoms with Crippen molar-refractivity contribution in [3.05, 3.63) is 54.2 Å². The molecule has 1 N–H and O–H groups in total. The lowest BCUT2D eigenvalue weighted by Gasteiger charge is -2.17. The third-order valence-corrected chi connectivity index (χ3v) is 3.07. The monoisotopic (exact) mass is 240 g/mol. The molecule has 0 bridgehead atoms. The normalized spacial score (nSPS) is 12.3. The van der Waals surface area contributed by atoms with Crippen molar-refractivity contribution in [1.29, 1.82) is 0 Å². The number of hydrogen-bond acceptors (Lipinski definition) is 2. The summed E-state index contributed by atoms with van der Waals surface area (Å²) in [6, 6.07) is 14.9. The quantitative estimate of drug-likeness (QED) is 0.859. The molecule has 0 aliphatic rings. The molecule has 0 radical (unpaired) electrons. The van der Waals surface area contributed by atoms with Crippen molar-refractivity contribution in [2.45, 2.75) is 26.3 Å². The predicted molar refractivity (Wildman–Crippen MR) is 76.4 cm³/mol. The van der Waals surface area contributed by atoms with Gasteiger partial charge in [-0.15, -0.1) is 0 Å². The molecule has 2 heteroatoms. The molecule has 0 aliphatic heterocycles. The van der Waals surface area contributed by atoms with Gasteiger partial charge in [0.15, 0.2) is 0 Å². The summed E-state index contributed by atoms with van der Waals surface area (Å²) in [6.07, 6.45) is 2.99. The zero-order valence-electron chi connectivity index (χ0n) is 11.1. The molecule has 1 aromatic carbocycles. The van der Waals surface area contributed by atoms with Crippen molar-refractivity contribution in [3.8, 4) is 11.3 Å². The third-order valence-electron chi connectivity index (χ3n) is 3.07. The SMILES string of the molecule is CCCNC(C)c1ccccc1-c1ccccn1. The summed E-state index contributed by atoms with van der Waals surface area (Å²) in [5.74, 6) is 0. The Labute approximate surface area is 109 Å². The van der Waals surface area contributed by atoms with Crippen LogP contribution in [-0.2, 0) is 0 Å². The number of pyridine rings is 1. The molecule has 1 heterocycles. The van der Waals surface area contributed by atoms with E-state index in [2.05, 4.69) is 54.5 Å². The average molecular weight is 240 g/mol. The molecule has 2 aromatic rings.